The van der Waals surface area contributed by atoms with E-state index >= 15 is 0 Å². The SMILES string of the molecule is OCCC1CCN(CCN2CCOCC2)C1. The van der Waals surface area contributed by atoms with Gasteiger partial charge in [-0.05, 0) is 25.3 Å². The average molecular weight is 228 g/mol. The summed E-state index contributed by atoms with van der Waals surface area (Å²) in [5, 5.41) is 8.91. The quantitative estimate of drug-likeness (QED) is 0.720. The van der Waals surface area contributed by atoms with Crippen LogP contribution in [0.15, 0.2) is 0 Å². The summed E-state index contributed by atoms with van der Waals surface area (Å²) in [5.41, 5.74) is 0. The van der Waals surface area contributed by atoms with Gasteiger partial charge in [-0.15, -0.1) is 0 Å². The van der Waals surface area contributed by atoms with Crippen molar-refractivity contribution in [2.24, 2.45) is 5.92 Å². The first-order valence-corrected chi connectivity index (χ1v) is 6.52. The van der Waals surface area contributed by atoms with Crippen LogP contribution >= 0.6 is 0 Å². The minimum atomic E-state index is 0.349. The van der Waals surface area contributed by atoms with Gasteiger partial charge in [0.05, 0.1) is 13.2 Å². The number of morpholine rings is 1. The van der Waals surface area contributed by atoms with E-state index in [-0.39, 0.29) is 0 Å². The van der Waals surface area contributed by atoms with Crippen LogP contribution in [0.1, 0.15) is 12.8 Å². The molecule has 2 heterocycles. The third kappa shape index (κ3) is 3.70. The summed E-state index contributed by atoms with van der Waals surface area (Å²) in [6.45, 7) is 9.08. The predicted octanol–water partition coefficient (Wildman–Crippen LogP) is 0.0229. The van der Waals surface area contributed by atoms with Crippen molar-refractivity contribution in [3.63, 3.8) is 0 Å². The fraction of sp³-hybridized carbons (Fsp3) is 1.00. The molecule has 1 N–H and O–H groups in total. The molecular weight excluding hydrogens is 204 g/mol. The highest BCUT2D eigenvalue weighted by molar-refractivity contribution is 4.76. The lowest BCUT2D eigenvalue weighted by atomic mass is 10.1. The Labute approximate surface area is 98.2 Å². The summed E-state index contributed by atoms with van der Waals surface area (Å²) in [6, 6.07) is 0. The summed E-state index contributed by atoms with van der Waals surface area (Å²) in [7, 11) is 0. The van der Waals surface area contributed by atoms with E-state index in [1.807, 2.05) is 0 Å². The van der Waals surface area contributed by atoms with Gasteiger partial charge in [0.25, 0.3) is 0 Å². The summed E-state index contributed by atoms with van der Waals surface area (Å²) < 4.78 is 5.34. The van der Waals surface area contributed by atoms with Crippen LogP contribution in [0.25, 0.3) is 0 Å². The number of nitrogens with zero attached hydrogens (tertiary/aromatic N) is 2. The van der Waals surface area contributed by atoms with E-state index in [4.69, 9.17) is 9.84 Å². The molecule has 2 rings (SSSR count). The predicted molar refractivity (Wildman–Crippen MR) is 63.5 cm³/mol. The van der Waals surface area contributed by atoms with Crippen LogP contribution in [-0.2, 0) is 4.74 Å². The van der Waals surface area contributed by atoms with Crippen molar-refractivity contribution in [3.8, 4) is 0 Å². The number of rotatable bonds is 5. The average Bonchev–Trinajstić information content (AvgIpc) is 2.76. The zero-order chi connectivity index (χ0) is 11.2. The summed E-state index contributed by atoms with van der Waals surface area (Å²) in [6.07, 6.45) is 2.25. The molecule has 0 amide bonds. The van der Waals surface area contributed by atoms with Crippen molar-refractivity contribution >= 4 is 0 Å². The number of hydrogen-bond acceptors (Lipinski definition) is 4. The molecule has 1 atom stereocenters. The highest BCUT2D eigenvalue weighted by atomic mass is 16.5. The number of likely N-dealkylation sites (tertiary alicyclic amines) is 1. The highest BCUT2D eigenvalue weighted by Crippen LogP contribution is 2.18. The maximum Gasteiger partial charge on any atom is 0.0594 e. The van der Waals surface area contributed by atoms with Crippen molar-refractivity contribution in [1.29, 1.82) is 0 Å². The van der Waals surface area contributed by atoms with Crippen molar-refractivity contribution < 1.29 is 9.84 Å². The van der Waals surface area contributed by atoms with Crippen LogP contribution in [0, 0.1) is 5.92 Å². The van der Waals surface area contributed by atoms with Gasteiger partial charge in [0.2, 0.25) is 0 Å². The molecule has 4 nitrogen and oxygen atoms in total. The minimum Gasteiger partial charge on any atom is -0.396 e. The molecule has 0 saturated carbocycles. The van der Waals surface area contributed by atoms with Crippen LogP contribution in [0.4, 0.5) is 0 Å². The number of aliphatic hydroxyl groups excluding tert-OH is 1. The van der Waals surface area contributed by atoms with Gasteiger partial charge in [0.15, 0.2) is 0 Å². The topological polar surface area (TPSA) is 35.9 Å². The van der Waals surface area contributed by atoms with Gasteiger partial charge in [-0.2, -0.15) is 0 Å². The molecule has 0 radical (unpaired) electrons. The molecule has 0 aromatic heterocycles. The van der Waals surface area contributed by atoms with Crippen LogP contribution < -0.4 is 0 Å². The standard InChI is InChI=1S/C12H24N2O2/c15-8-2-12-1-3-14(11-12)5-4-13-6-9-16-10-7-13/h12,15H,1-11H2. The van der Waals surface area contributed by atoms with Crippen LogP contribution in [0.5, 0.6) is 0 Å². The monoisotopic (exact) mass is 228 g/mol. The normalized spacial score (nSPS) is 28.7. The van der Waals surface area contributed by atoms with Gasteiger partial charge in [0.1, 0.15) is 0 Å². The molecule has 0 aliphatic carbocycles. The van der Waals surface area contributed by atoms with Crippen LogP contribution in [0.2, 0.25) is 0 Å². The van der Waals surface area contributed by atoms with Crippen molar-refractivity contribution in [3.05, 3.63) is 0 Å². The van der Waals surface area contributed by atoms with E-state index in [1.54, 1.807) is 0 Å². The fourth-order valence-corrected chi connectivity index (χ4v) is 2.64. The second-order valence-corrected chi connectivity index (χ2v) is 4.92. The summed E-state index contributed by atoms with van der Waals surface area (Å²) in [5.74, 6) is 0.731. The van der Waals surface area contributed by atoms with Gasteiger partial charge in [-0.3, -0.25) is 4.90 Å². The Kier molecular flexibility index (Phi) is 5.03. The first kappa shape index (κ1) is 12.3. The maximum atomic E-state index is 8.91. The van der Waals surface area contributed by atoms with Gasteiger partial charge < -0.3 is 14.7 Å². The van der Waals surface area contributed by atoms with Gasteiger partial charge in [0, 0.05) is 39.3 Å². The maximum absolute atomic E-state index is 8.91. The van der Waals surface area contributed by atoms with Crippen LogP contribution in [-0.4, -0.2) is 74.0 Å². The Hall–Kier alpha value is -0.160. The van der Waals surface area contributed by atoms with Gasteiger partial charge in [-0.25, -0.2) is 0 Å². The molecule has 2 aliphatic heterocycles. The molecule has 0 bridgehead atoms. The van der Waals surface area contributed by atoms with Gasteiger partial charge in [-0.1, -0.05) is 0 Å². The summed E-state index contributed by atoms with van der Waals surface area (Å²) >= 11 is 0. The fourth-order valence-electron chi connectivity index (χ4n) is 2.64. The molecule has 2 fully saturated rings. The molecule has 94 valence electrons. The Balaban J connectivity index is 1.59. The molecule has 16 heavy (non-hydrogen) atoms. The first-order chi connectivity index (χ1) is 7.88. The zero-order valence-corrected chi connectivity index (χ0v) is 10.1. The smallest absolute Gasteiger partial charge is 0.0594 e. The Morgan fingerprint density at radius 2 is 1.81 bits per heavy atom. The van der Waals surface area contributed by atoms with E-state index < -0.39 is 0 Å². The number of aliphatic hydroxyl groups is 1. The van der Waals surface area contributed by atoms with Crippen molar-refractivity contribution in [2.45, 2.75) is 12.8 Å². The lowest BCUT2D eigenvalue weighted by Crippen LogP contribution is -2.41. The molecule has 1 unspecified atom stereocenters. The summed E-state index contributed by atoms with van der Waals surface area (Å²) in [4.78, 5) is 5.03. The molecule has 2 saturated heterocycles. The molecule has 2 aliphatic rings. The molecule has 4 heteroatoms. The third-order valence-corrected chi connectivity index (χ3v) is 3.74. The van der Waals surface area contributed by atoms with E-state index in [1.165, 1.54) is 32.6 Å². The van der Waals surface area contributed by atoms with Crippen molar-refractivity contribution in [1.82, 2.24) is 9.80 Å². The largest absolute Gasteiger partial charge is 0.396 e. The molecule has 0 aromatic carbocycles. The Morgan fingerprint density at radius 3 is 2.56 bits per heavy atom. The first-order valence-electron chi connectivity index (χ1n) is 6.52. The molecule has 0 aromatic rings. The second-order valence-electron chi connectivity index (χ2n) is 4.92. The highest BCUT2D eigenvalue weighted by Gasteiger charge is 2.22. The lowest BCUT2D eigenvalue weighted by molar-refractivity contribution is 0.0342. The number of ether oxygens (including phenoxy) is 1. The Bertz CT molecular complexity index is 195. The second kappa shape index (κ2) is 6.55. The Morgan fingerprint density at radius 1 is 1.06 bits per heavy atom. The number of hydrogen-bond donors (Lipinski definition) is 1. The van der Waals surface area contributed by atoms with Gasteiger partial charge >= 0.3 is 0 Å². The van der Waals surface area contributed by atoms with E-state index in [2.05, 4.69) is 9.80 Å². The van der Waals surface area contributed by atoms with Crippen LogP contribution in [0.3, 0.4) is 0 Å². The van der Waals surface area contributed by atoms with E-state index in [0.29, 0.717) is 6.61 Å². The third-order valence-electron chi connectivity index (χ3n) is 3.74. The van der Waals surface area contributed by atoms with E-state index in [9.17, 15) is 0 Å². The molecular formula is C12H24N2O2. The van der Waals surface area contributed by atoms with Crippen molar-refractivity contribution in [2.75, 3.05) is 59.1 Å². The molecule has 0 spiro atoms. The minimum absolute atomic E-state index is 0.349. The lowest BCUT2D eigenvalue weighted by Gasteiger charge is -2.28. The van der Waals surface area contributed by atoms with E-state index in [0.717, 1.165) is 38.6 Å². The zero-order valence-electron chi connectivity index (χ0n) is 10.1.